The average molecular weight is 668 g/mol. The molecule has 52 heavy (non-hydrogen) atoms. The molecule has 3 aromatic heterocycles. The molecular weight excluding hydrogens is 639 g/mol. The fourth-order valence-corrected chi connectivity index (χ4v) is 7.91. The molecule has 3 heterocycles. The van der Waals surface area contributed by atoms with Crippen molar-refractivity contribution in [2.24, 2.45) is 0 Å². The molecule has 0 amide bonds. The number of furan rings is 3. The van der Waals surface area contributed by atoms with Gasteiger partial charge in [-0.25, -0.2) is 0 Å². The Balaban J connectivity index is 1.25. The Bertz CT molecular complexity index is 3130. The number of nitrogens with zero attached hydrogens (tertiary/aromatic N) is 1. The summed E-state index contributed by atoms with van der Waals surface area (Å²) >= 11 is 0. The Hall–Kier alpha value is -7.04. The van der Waals surface area contributed by atoms with Gasteiger partial charge in [-0.3, -0.25) is 0 Å². The van der Waals surface area contributed by atoms with E-state index in [1.807, 2.05) is 42.5 Å². The Kier molecular flexibility index (Phi) is 6.22. The third-order valence-electron chi connectivity index (χ3n) is 10.3. The highest BCUT2D eigenvalue weighted by Crippen LogP contribution is 2.49. The van der Waals surface area contributed by atoms with Crippen LogP contribution in [0.1, 0.15) is 0 Å². The van der Waals surface area contributed by atoms with Gasteiger partial charge in [0.05, 0.1) is 22.1 Å². The van der Waals surface area contributed by atoms with Crippen LogP contribution in [0.2, 0.25) is 0 Å². The minimum absolute atomic E-state index is 0.828. The molecule has 0 radical (unpaired) electrons. The Labute approximate surface area is 298 Å². The molecule has 8 aromatic carbocycles. The SMILES string of the molecule is c1ccc(-c2ccc3c(c2)oc2c(-c4ccccc4)ccc(N(c4ccc5c(c4)oc4ccccc45)c4cccc5oc6ccccc6c45)c23)cc1. The van der Waals surface area contributed by atoms with E-state index in [1.165, 1.54) is 0 Å². The molecule has 244 valence electrons. The summed E-state index contributed by atoms with van der Waals surface area (Å²) < 4.78 is 19.9. The first kappa shape index (κ1) is 28.8. The van der Waals surface area contributed by atoms with Crippen molar-refractivity contribution in [3.05, 3.63) is 176 Å². The van der Waals surface area contributed by atoms with E-state index < -0.39 is 0 Å². The zero-order chi connectivity index (χ0) is 34.2. The number of fused-ring (bicyclic) bond motifs is 9. The van der Waals surface area contributed by atoms with Gasteiger partial charge in [0.15, 0.2) is 0 Å². The number of rotatable bonds is 5. The average Bonchev–Trinajstić information content (AvgIpc) is 3.90. The van der Waals surface area contributed by atoms with Crippen LogP contribution < -0.4 is 4.90 Å². The van der Waals surface area contributed by atoms with E-state index >= 15 is 0 Å². The van der Waals surface area contributed by atoms with Crippen molar-refractivity contribution >= 4 is 82.9 Å². The molecule has 0 N–H and O–H groups in total. The third-order valence-corrected chi connectivity index (χ3v) is 10.3. The lowest BCUT2D eigenvalue weighted by Gasteiger charge is -2.27. The lowest BCUT2D eigenvalue weighted by molar-refractivity contribution is 0.669. The van der Waals surface area contributed by atoms with Gasteiger partial charge in [-0.1, -0.05) is 109 Å². The molecule has 0 saturated heterocycles. The number of para-hydroxylation sites is 2. The van der Waals surface area contributed by atoms with Crippen molar-refractivity contribution in [1.29, 1.82) is 0 Å². The van der Waals surface area contributed by atoms with E-state index in [0.29, 0.717) is 0 Å². The van der Waals surface area contributed by atoms with Crippen LogP contribution in [0, 0.1) is 0 Å². The summed E-state index contributed by atoms with van der Waals surface area (Å²) in [6, 6.07) is 61.2. The molecular formula is C48H29NO3. The first-order chi connectivity index (χ1) is 25.8. The van der Waals surface area contributed by atoms with E-state index in [9.17, 15) is 0 Å². The number of hydrogen-bond donors (Lipinski definition) is 0. The van der Waals surface area contributed by atoms with Crippen molar-refractivity contribution < 1.29 is 13.3 Å². The van der Waals surface area contributed by atoms with Crippen LogP contribution in [0.3, 0.4) is 0 Å². The lowest BCUT2D eigenvalue weighted by atomic mass is 9.98. The van der Waals surface area contributed by atoms with Gasteiger partial charge in [0, 0.05) is 38.9 Å². The van der Waals surface area contributed by atoms with E-state index in [4.69, 9.17) is 13.3 Å². The predicted molar refractivity (Wildman–Crippen MR) is 214 cm³/mol. The van der Waals surface area contributed by atoms with E-state index in [1.54, 1.807) is 0 Å². The third kappa shape index (κ3) is 4.34. The maximum absolute atomic E-state index is 6.95. The Morgan fingerprint density at radius 1 is 0.327 bits per heavy atom. The van der Waals surface area contributed by atoms with Crippen molar-refractivity contribution in [2.75, 3.05) is 4.90 Å². The smallest absolute Gasteiger partial charge is 0.145 e. The van der Waals surface area contributed by atoms with Crippen LogP contribution in [-0.2, 0) is 0 Å². The first-order valence-electron chi connectivity index (χ1n) is 17.5. The highest BCUT2D eigenvalue weighted by atomic mass is 16.3. The van der Waals surface area contributed by atoms with Gasteiger partial charge < -0.3 is 18.2 Å². The summed E-state index contributed by atoms with van der Waals surface area (Å²) in [4.78, 5) is 2.34. The van der Waals surface area contributed by atoms with Gasteiger partial charge in [0.2, 0.25) is 0 Å². The zero-order valence-corrected chi connectivity index (χ0v) is 27.9. The Morgan fingerprint density at radius 2 is 0.923 bits per heavy atom. The second kappa shape index (κ2) is 11.2. The largest absolute Gasteiger partial charge is 0.456 e. The zero-order valence-electron chi connectivity index (χ0n) is 27.9. The van der Waals surface area contributed by atoms with Crippen LogP contribution in [0.25, 0.3) is 88.1 Å². The minimum atomic E-state index is 0.828. The lowest BCUT2D eigenvalue weighted by Crippen LogP contribution is -2.11. The van der Waals surface area contributed by atoms with Crippen LogP contribution in [-0.4, -0.2) is 0 Å². The highest BCUT2D eigenvalue weighted by molar-refractivity contribution is 6.20. The van der Waals surface area contributed by atoms with Crippen LogP contribution in [0.4, 0.5) is 17.1 Å². The maximum atomic E-state index is 6.95. The fraction of sp³-hybridized carbons (Fsp3) is 0. The van der Waals surface area contributed by atoms with Crippen LogP contribution >= 0.6 is 0 Å². The molecule has 11 aromatic rings. The molecule has 0 aliphatic rings. The summed E-state index contributed by atoms with van der Waals surface area (Å²) in [6.07, 6.45) is 0. The van der Waals surface area contributed by atoms with Gasteiger partial charge in [-0.2, -0.15) is 0 Å². The second-order valence-corrected chi connectivity index (χ2v) is 13.2. The van der Waals surface area contributed by atoms with Crippen molar-refractivity contribution in [3.8, 4) is 22.3 Å². The van der Waals surface area contributed by atoms with Crippen molar-refractivity contribution in [2.45, 2.75) is 0 Å². The van der Waals surface area contributed by atoms with Crippen LogP contribution in [0.15, 0.2) is 189 Å². The van der Waals surface area contributed by atoms with Gasteiger partial charge in [-0.15, -0.1) is 0 Å². The molecule has 0 aliphatic heterocycles. The van der Waals surface area contributed by atoms with E-state index in [-0.39, 0.29) is 0 Å². The standard InChI is InChI=1S/C48H29NO3/c1-3-12-30(13-4-1)32-22-24-38-44(28-32)52-48-34(31-14-5-2-6-15-31)26-27-40(47(38)48)49(33-23-25-36-35-16-7-9-19-41(35)51-45(36)29-33)39-18-11-21-43-46(39)37-17-8-10-20-42(37)50-43/h1-29H. The summed E-state index contributed by atoms with van der Waals surface area (Å²) in [6.45, 7) is 0. The summed E-state index contributed by atoms with van der Waals surface area (Å²) in [7, 11) is 0. The molecule has 0 unspecified atom stereocenters. The normalized spacial score (nSPS) is 11.8. The van der Waals surface area contributed by atoms with Gasteiger partial charge >= 0.3 is 0 Å². The number of benzene rings is 8. The molecule has 4 heteroatoms. The molecule has 0 fully saturated rings. The summed E-state index contributed by atoms with van der Waals surface area (Å²) in [5, 5.41) is 6.36. The number of anilines is 3. The minimum Gasteiger partial charge on any atom is -0.456 e. The van der Waals surface area contributed by atoms with Crippen molar-refractivity contribution in [3.63, 3.8) is 0 Å². The van der Waals surface area contributed by atoms with Gasteiger partial charge in [-0.05, 0) is 77.4 Å². The molecule has 0 bridgehead atoms. The van der Waals surface area contributed by atoms with Gasteiger partial charge in [0.1, 0.15) is 33.5 Å². The highest BCUT2D eigenvalue weighted by Gasteiger charge is 2.25. The van der Waals surface area contributed by atoms with E-state index in [2.05, 4.69) is 138 Å². The molecule has 0 aliphatic carbocycles. The number of hydrogen-bond acceptors (Lipinski definition) is 4. The fourth-order valence-electron chi connectivity index (χ4n) is 7.91. The van der Waals surface area contributed by atoms with Crippen molar-refractivity contribution in [1.82, 2.24) is 0 Å². The molecule has 0 saturated carbocycles. The topological polar surface area (TPSA) is 42.7 Å². The second-order valence-electron chi connectivity index (χ2n) is 13.2. The molecule has 0 atom stereocenters. The molecule has 11 rings (SSSR count). The summed E-state index contributed by atoms with van der Waals surface area (Å²) in [5.74, 6) is 0. The van der Waals surface area contributed by atoms with E-state index in [0.717, 1.165) is 105 Å². The van der Waals surface area contributed by atoms with Crippen LogP contribution in [0.5, 0.6) is 0 Å². The predicted octanol–water partition coefficient (Wildman–Crippen LogP) is 14.2. The quantitative estimate of drug-likeness (QED) is 0.183. The molecule has 0 spiro atoms. The monoisotopic (exact) mass is 667 g/mol. The Morgan fingerprint density at radius 3 is 1.75 bits per heavy atom. The summed E-state index contributed by atoms with van der Waals surface area (Å²) in [5.41, 5.74) is 12.4. The first-order valence-corrected chi connectivity index (χ1v) is 17.5. The maximum Gasteiger partial charge on any atom is 0.145 e. The van der Waals surface area contributed by atoms with Gasteiger partial charge in [0.25, 0.3) is 0 Å². The molecule has 4 nitrogen and oxygen atoms in total.